The van der Waals surface area contributed by atoms with Crippen LogP contribution in [0.5, 0.6) is 0 Å². The van der Waals surface area contributed by atoms with E-state index >= 15 is 0 Å². The van der Waals surface area contributed by atoms with E-state index in [9.17, 15) is 4.39 Å². The van der Waals surface area contributed by atoms with Crippen LogP contribution in [-0.2, 0) is 0 Å². The lowest BCUT2D eigenvalue weighted by Gasteiger charge is -2.29. The summed E-state index contributed by atoms with van der Waals surface area (Å²) in [5, 5.41) is 0. The lowest BCUT2D eigenvalue weighted by Crippen LogP contribution is -2.13. The molecule has 0 N–H and O–H groups in total. The second kappa shape index (κ2) is 9.60. The highest BCUT2D eigenvalue weighted by molar-refractivity contribution is 5.71. The van der Waals surface area contributed by atoms with E-state index in [-0.39, 0.29) is 5.82 Å². The fourth-order valence-electron chi connectivity index (χ4n) is 4.89. The standard InChI is InChI=1S/C29H33F/c1-3-4-5-22-8-12-23(13-9-22)24-14-16-25(17-15-24)27-18-19-28(29(30)20-27)26-10-6-21(2)7-11-26/h6-7,10-11,14-20,22-23H,3-5,8-9,12-13H2,1-2H3. The lowest BCUT2D eigenvalue weighted by atomic mass is 9.77. The van der Waals surface area contributed by atoms with Gasteiger partial charge in [-0.15, -0.1) is 0 Å². The summed E-state index contributed by atoms with van der Waals surface area (Å²) >= 11 is 0. The van der Waals surface area contributed by atoms with E-state index in [1.807, 2.05) is 43.3 Å². The summed E-state index contributed by atoms with van der Waals surface area (Å²) in [5.41, 5.74) is 6.25. The van der Waals surface area contributed by atoms with Gasteiger partial charge in [0.2, 0.25) is 0 Å². The predicted molar refractivity (Wildman–Crippen MR) is 126 cm³/mol. The molecule has 1 aliphatic carbocycles. The van der Waals surface area contributed by atoms with Crippen molar-refractivity contribution in [1.82, 2.24) is 0 Å². The van der Waals surface area contributed by atoms with Gasteiger partial charge >= 0.3 is 0 Å². The maximum absolute atomic E-state index is 14.8. The van der Waals surface area contributed by atoms with Gasteiger partial charge in [0.15, 0.2) is 0 Å². The van der Waals surface area contributed by atoms with Crippen LogP contribution in [-0.4, -0.2) is 0 Å². The van der Waals surface area contributed by atoms with E-state index in [0.29, 0.717) is 11.5 Å². The number of aryl methyl sites for hydroxylation is 1. The Morgan fingerprint density at radius 2 is 1.40 bits per heavy atom. The van der Waals surface area contributed by atoms with Crippen LogP contribution in [0.25, 0.3) is 22.3 Å². The van der Waals surface area contributed by atoms with Crippen LogP contribution < -0.4 is 0 Å². The molecule has 0 aromatic heterocycles. The third-order valence-electron chi connectivity index (χ3n) is 6.86. The minimum absolute atomic E-state index is 0.161. The number of hydrogen-bond acceptors (Lipinski definition) is 0. The third-order valence-corrected chi connectivity index (χ3v) is 6.86. The molecule has 1 fully saturated rings. The Balaban J connectivity index is 1.44. The molecule has 0 spiro atoms. The topological polar surface area (TPSA) is 0 Å². The van der Waals surface area contributed by atoms with Gasteiger partial charge in [0.1, 0.15) is 5.82 Å². The normalized spacial score (nSPS) is 19.0. The smallest absolute Gasteiger partial charge is 0.131 e. The van der Waals surface area contributed by atoms with Gasteiger partial charge in [-0.05, 0) is 72.8 Å². The van der Waals surface area contributed by atoms with Crippen LogP contribution in [0.2, 0.25) is 0 Å². The maximum atomic E-state index is 14.8. The van der Waals surface area contributed by atoms with Crippen molar-refractivity contribution in [3.05, 3.63) is 83.7 Å². The van der Waals surface area contributed by atoms with E-state index < -0.39 is 0 Å². The Bertz CT molecular complexity index is 945. The van der Waals surface area contributed by atoms with Crippen molar-refractivity contribution in [3.63, 3.8) is 0 Å². The third kappa shape index (κ3) is 4.83. The average Bonchev–Trinajstić information content (AvgIpc) is 2.79. The van der Waals surface area contributed by atoms with Gasteiger partial charge in [-0.2, -0.15) is 0 Å². The molecule has 0 radical (unpaired) electrons. The van der Waals surface area contributed by atoms with Crippen molar-refractivity contribution in [3.8, 4) is 22.3 Å². The van der Waals surface area contributed by atoms with Gasteiger partial charge in [-0.25, -0.2) is 4.39 Å². The first kappa shape index (κ1) is 20.8. The van der Waals surface area contributed by atoms with Crippen LogP contribution in [0.3, 0.4) is 0 Å². The molecule has 3 aromatic carbocycles. The molecule has 0 nitrogen and oxygen atoms in total. The van der Waals surface area contributed by atoms with Gasteiger partial charge in [0, 0.05) is 5.56 Å². The van der Waals surface area contributed by atoms with Gasteiger partial charge in [-0.3, -0.25) is 0 Å². The Morgan fingerprint density at radius 1 is 0.767 bits per heavy atom. The zero-order valence-electron chi connectivity index (χ0n) is 18.3. The Kier molecular flexibility index (Phi) is 6.67. The summed E-state index contributed by atoms with van der Waals surface area (Å²) in [6, 6.07) is 22.5. The zero-order chi connectivity index (χ0) is 20.9. The molecule has 30 heavy (non-hydrogen) atoms. The van der Waals surface area contributed by atoms with Crippen molar-refractivity contribution >= 4 is 0 Å². The molecule has 1 aliphatic rings. The fourth-order valence-corrected chi connectivity index (χ4v) is 4.89. The molecule has 156 valence electrons. The second-order valence-corrected chi connectivity index (χ2v) is 9.04. The SMILES string of the molecule is CCCCC1CCC(c2ccc(-c3ccc(-c4ccc(C)cc4)c(F)c3)cc2)CC1. The maximum Gasteiger partial charge on any atom is 0.131 e. The van der Waals surface area contributed by atoms with Crippen molar-refractivity contribution in [2.24, 2.45) is 5.92 Å². The highest BCUT2D eigenvalue weighted by Gasteiger charge is 2.22. The quantitative estimate of drug-likeness (QED) is 0.387. The van der Waals surface area contributed by atoms with E-state index in [1.54, 1.807) is 6.07 Å². The van der Waals surface area contributed by atoms with E-state index in [2.05, 4.69) is 31.2 Å². The number of halogens is 1. The Labute approximate surface area is 181 Å². The van der Waals surface area contributed by atoms with Gasteiger partial charge in [0.25, 0.3) is 0 Å². The molecule has 1 heteroatoms. The average molecular weight is 401 g/mol. The molecule has 0 amide bonds. The molecule has 3 aromatic rings. The summed E-state index contributed by atoms with van der Waals surface area (Å²) in [4.78, 5) is 0. The lowest BCUT2D eigenvalue weighted by molar-refractivity contribution is 0.304. The molecule has 0 unspecified atom stereocenters. The first-order chi connectivity index (χ1) is 14.6. The largest absolute Gasteiger partial charge is 0.206 e. The minimum atomic E-state index is -0.161. The van der Waals surface area contributed by atoms with Crippen LogP contribution in [0.15, 0.2) is 66.7 Å². The summed E-state index contributed by atoms with van der Waals surface area (Å²) in [6.45, 7) is 4.33. The first-order valence-electron chi connectivity index (χ1n) is 11.6. The predicted octanol–water partition coefficient (Wildman–Crippen LogP) is 8.93. The zero-order valence-corrected chi connectivity index (χ0v) is 18.3. The van der Waals surface area contributed by atoms with Crippen molar-refractivity contribution in [2.45, 2.75) is 64.7 Å². The van der Waals surface area contributed by atoms with Crippen molar-refractivity contribution in [2.75, 3.05) is 0 Å². The fraction of sp³-hybridized carbons (Fsp3) is 0.379. The van der Waals surface area contributed by atoms with Crippen molar-refractivity contribution in [1.29, 1.82) is 0 Å². The number of rotatable bonds is 6. The van der Waals surface area contributed by atoms with Crippen LogP contribution in [0.4, 0.5) is 4.39 Å². The monoisotopic (exact) mass is 400 g/mol. The molecule has 0 aliphatic heterocycles. The molecule has 1 saturated carbocycles. The second-order valence-electron chi connectivity index (χ2n) is 9.04. The van der Waals surface area contributed by atoms with Crippen LogP contribution in [0.1, 0.15) is 68.9 Å². The van der Waals surface area contributed by atoms with Gasteiger partial charge in [-0.1, -0.05) is 92.4 Å². The van der Waals surface area contributed by atoms with Gasteiger partial charge in [0.05, 0.1) is 0 Å². The van der Waals surface area contributed by atoms with Crippen molar-refractivity contribution < 1.29 is 4.39 Å². The van der Waals surface area contributed by atoms with Gasteiger partial charge < -0.3 is 0 Å². The molecular formula is C29H33F. The van der Waals surface area contributed by atoms with E-state index in [4.69, 9.17) is 0 Å². The summed E-state index contributed by atoms with van der Waals surface area (Å²) in [6.07, 6.45) is 9.47. The molecule has 4 rings (SSSR count). The molecule has 0 bridgehead atoms. The Morgan fingerprint density at radius 3 is 2.03 bits per heavy atom. The molecular weight excluding hydrogens is 367 g/mol. The number of benzene rings is 3. The highest BCUT2D eigenvalue weighted by atomic mass is 19.1. The number of hydrogen-bond donors (Lipinski definition) is 0. The summed E-state index contributed by atoms with van der Waals surface area (Å²) in [5.74, 6) is 1.47. The Hall–Kier alpha value is -2.41. The molecule has 0 heterocycles. The summed E-state index contributed by atoms with van der Waals surface area (Å²) < 4.78 is 14.8. The molecule has 0 atom stereocenters. The highest BCUT2D eigenvalue weighted by Crippen LogP contribution is 2.38. The van der Waals surface area contributed by atoms with E-state index in [0.717, 1.165) is 22.6 Å². The molecule has 0 saturated heterocycles. The van der Waals surface area contributed by atoms with E-state index in [1.165, 1.54) is 56.1 Å². The first-order valence-corrected chi connectivity index (χ1v) is 11.6. The van der Waals surface area contributed by atoms with Crippen LogP contribution >= 0.6 is 0 Å². The minimum Gasteiger partial charge on any atom is -0.206 e. The summed E-state index contributed by atoms with van der Waals surface area (Å²) in [7, 11) is 0. The number of unbranched alkanes of at least 4 members (excludes halogenated alkanes) is 1. The van der Waals surface area contributed by atoms with Crippen LogP contribution in [0, 0.1) is 18.7 Å².